The van der Waals surface area contributed by atoms with Crippen LogP contribution in [0.25, 0.3) is 0 Å². The van der Waals surface area contributed by atoms with Crippen molar-refractivity contribution in [2.75, 3.05) is 12.4 Å². The molecule has 0 spiro atoms. The monoisotopic (exact) mass is 391 g/mol. The molecule has 9 nitrogen and oxygen atoms in total. The molecule has 10 heteroatoms. The van der Waals surface area contributed by atoms with Crippen molar-refractivity contribution in [3.63, 3.8) is 0 Å². The van der Waals surface area contributed by atoms with E-state index in [1.165, 1.54) is 26.2 Å². The molecule has 2 aromatic carbocycles. The van der Waals surface area contributed by atoms with Crippen LogP contribution in [0.4, 0.5) is 11.4 Å². The predicted molar refractivity (Wildman–Crippen MR) is 96.9 cm³/mol. The highest BCUT2D eigenvalue weighted by Gasteiger charge is 2.24. The van der Waals surface area contributed by atoms with Crippen molar-refractivity contribution in [2.24, 2.45) is 10.2 Å². The van der Waals surface area contributed by atoms with E-state index in [9.17, 15) is 18.0 Å². The van der Waals surface area contributed by atoms with Crippen LogP contribution in [0.3, 0.4) is 0 Å². The molecule has 0 aliphatic heterocycles. The third-order valence-electron chi connectivity index (χ3n) is 3.42. The van der Waals surface area contributed by atoms with Crippen molar-refractivity contribution in [1.29, 1.82) is 0 Å². The van der Waals surface area contributed by atoms with Crippen LogP contribution < -0.4 is 10.1 Å². The second kappa shape index (κ2) is 8.52. The topological polar surface area (TPSA) is 134 Å². The van der Waals surface area contributed by atoms with E-state index in [0.717, 1.165) is 12.1 Å². The minimum absolute atomic E-state index is 0.207. The fraction of sp³-hybridized carbons (Fsp3) is 0.176. The Morgan fingerprint density at radius 1 is 1.11 bits per heavy atom. The van der Waals surface area contributed by atoms with Crippen LogP contribution in [-0.4, -0.2) is 37.8 Å². The van der Waals surface area contributed by atoms with Crippen molar-refractivity contribution >= 4 is 33.2 Å². The molecule has 0 radical (unpaired) electrons. The van der Waals surface area contributed by atoms with Gasteiger partial charge in [-0.1, -0.05) is 12.1 Å². The Bertz CT molecular complexity index is 970. The summed E-state index contributed by atoms with van der Waals surface area (Å²) in [6.07, 6.45) is 0. The highest BCUT2D eigenvalue weighted by Crippen LogP contribution is 2.23. The number of carbonyl (C=O) groups excluding carboxylic acids is 2. The molecule has 1 unspecified atom stereocenters. The first kappa shape index (κ1) is 20.2. The van der Waals surface area contributed by atoms with Crippen molar-refractivity contribution in [2.45, 2.75) is 17.9 Å². The van der Waals surface area contributed by atoms with Gasteiger partial charge in [0.05, 0.1) is 23.4 Å². The van der Waals surface area contributed by atoms with Crippen molar-refractivity contribution in [3.8, 4) is 5.75 Å². The average Bonchev–Trinajstić information content (AvgIpc) is 2.61. The van der Waals surface area contributed by atoms with E-state index >= 15 is 0 Å². The molecule has 0 aliphatic rings. The Morgan fingerprint density at radius 3 is 2.30 bits per heavy atom. The molecule has 142 valence electrons. The van der Waals surface area contributed by atoms with Gasteiger partial charge >= 0.3 is 0 Å². The zero-order valence-electron chi connectivity index (χ0n) is 14.5. The molecule has 0 aliphatic carbocycles. The molecule has 2 N–H and O–H groups in total. The van der Waals surface area contributed by atoms with Gasteiger partial charge in [-0.2, -0.15) is 18.6 Å². The van der Waals surface area contributed by atoms with E-state index in [-0.39, 0.29) is 10.6 Å². The van der Waals surface area contributed by atoms with Gasteiger partial charge < -0.3 is 10.1 Å². The molecular weight excluding hydrogens is 374 g/mol. The van der Waals surface area contributed by atoms with Gasteiger partial charge in [-0.15, -0.1) is 0 Å². The number of nitrogens with zero attached hydrogens (tertiary/aromatic N) is 2. The second-order valence-corrected chi connectivity index (χ2v) is 6.81. The third kappa shape index (κ3) is 5.43. The van der Waals surface area contributed by atoms with E-state index in [2.05, 4.69) is 15.5 Å². The lowest BCUT2D eigenvalue weighted by atomic mass is 10.2. The van der Waals surface area contributed by atoms with Gasteiger partial charge in [-0.25, -0.2) is 0 Å². The lowest BCUT2D eigenvalue weighted by molar-refractivity contribution is -0.126. The van der Waals surface area contributed by atoms with E-state index in [0.29, 0.717) is 11.4 Å². The number of benzene rings is 2. The highest BCUT2D eigenvalue weighted by atomic mass is 32.2. The van der Waals surface area contributed by atoms with Gasteiger partial charge in [0.15, 0.2) is 5.78 Å². The minimum atomic E-state index is -4.32. The predicted octanol–water partition coefficient (Wildman–Crippen LogP) is 2.62. The number of carbonyl (C=O) groups is 2. The highest BCUT2D eigenvalue weighted by molar-refractivity contribution is 7.85. The zero-order chi connectivity index (χ0) is 20.0. The number of methoxy groups -OCH3 is 1. The number of nitrogens with one attached hydrogen (secondary N) is 1. The molecule has 1 amide bonds. The Kier molecular flexibility index (Phi) is 6.37. The van der Waals surface area contributed by atoms with Gasteiger partial charge in [0.2, 0.25) is 6.04 Å². The number of hydrogen-bond acceptors (Lipinski definition) is 7. The number of hydrogen-bond donors (Lipinski definition) is 2. The van der Waals surface area contributed by atoms with Crippen LogP contribution in [0, 0.1) is 0 Å². The Hall–Kier alpha value is -3.11. The maximum Gasteiger partial charge on any atom is 0.294 e. The largest absolute Gasteiger partial charge is 0.495 e. The number of ketones is 1. The fourth-order valence-electron chi connectivity index (χ4n) is 2.08. The summed E-state index contributed by atoms with van der Waals surface area (Å²) in [5.41, 5.74) is 0.586. The molecule has 1 atom stereocenters. The Balaban J connectivity index is 2.18. The van der Waals surface area contributed by atoms with Crippen LogP contribution in [0.15, 0.2) is 63.7 Å². The SMILES string of the molecule is COc1ccccc1NC(=O)C(/N=N/c1ccc(S(=O)(=O)O)cc1)C(C)=O. The Morgan fingerprint density at radius 2 is 1.74 bits per heavy atom. The first-order valence-corrected chi connectivity index (χ1v) is 9.09. The summed E-state index contributed by atoms with van der Waals surface area (Å²) in [6, 6.07) is 10.1. The molecule has 0 heterocycles. The van der Waals surface area contributed by atoms with Gasteiger partial charge in [-0.05, 0) is 43.3 Å². The van der Waals surface area contributed by atoms with Gasteiger partial charge in [0.1, 0.15) is 5.75 Å². The molecule has 2 aromatic rings. The molecule has 2 rings (SSSR count). The lowest BCUT2D eigenvalue weighted by Gasteiger charge is -2.12. The molecule has 0 saturated carbocycles. The number of anilines is 1. The van der Waals surface area contributed by atoms with E-state index in [1.54, 1.807) is 24.3 Å². The van der Waals surface area contributed by atoms with Crippen LogP contribution in [0.5, 0.6) is 5.75 Å². The molecular formula is C17H17N3O6S. The molecule has 0 fully saturated rings. The standard InChI is InChI=1S/C17H17N3O6S/c1-11(21)16(17(22)18-14-5-3-4-6-15(14)26-2)20-19-12-7-9-13(10-8-12)27(23,24)25/h3-10,16H,1-2H3,(H,18,22)(H,23,24,25)/b20-19+. The van der Waals surface area contributed by atoms with Gasteiger partial charge in [-0.3, -0.25) is 14.1 Å². The summed E-state index contributed by atoms with van der Waals surface area (Å²) < 4.78 is 36.1. The van der Waals surface area contributed by atoms with Crippen molar-refractivity contribution in [1.82, 2.24) is 0 Å². The second-order valence-electron chi connectivity index (χ2n) is 5.39. The maximum atomic E-state index is 12.4. The van der Waals surface area contributed by atoms with E-state index < -0.39 is 27.9 Å². The van der Waals surface area contributed by atoms with Gasteiger partial charge in [0, 0.05) is 0 Å². The summed E-state index contributed by atoms with van der Waals surface area (Å²) in [5, 5.41) is 10.1. The fourth-order valence-corrected chi connectivity index (χ4v) is 2.56. The summed E-state index contributed by atoms with van der Waals surface area (Å²) >= 11 is 0. The molecule has 0 saturated heterocycles. The normalized spacial score (nSPS) is 12.6. The minimum Gasteiger partial charge on any atom is -0.495 e. The van der Waals surface area contributed by atoms with Crippen LogP contribution >= 0.6 is 0 Å². The number of azo groups is 1. The van der Waals surface area contributed by atoms with E-state index in [1.807, 2.05) is 0 Å². The van der Waals surface area contributed by atoms with Crippen LogP contribution in [-0.2, 0) is 19.7 Å². The number of para-hydroxylation sites is 2. The number of rotatable bonds is 7. The average molecular weight is 391 g/mol. The molecule has 0 bridgehead atoms. The number of amides is 1. The summed E-state index contributed by atoms with van der Waals surface area (Å²) in [7, 11) is -2.87. The van der Waals surface area contributed by atoms with Crippen LogP contribution in [0.2, 0.25) is 0 Å². The van der Waals surface area contributed by atoms with Crippen molar-refractivity contribution in [3.05, 3.63) is 48.5 Å². The molecule has 0 aromatic heterocycles. The summed E-state index contributed by atoms with van der Waals surface area (Å²) in [4.78, 5) is 23.8. The summed E-state index contributed by atoms with van der Waals surface area (Å²) in [5.74, 6) is -0.795. The van der Waals surface area contributed by atoms with Gasteiger partial charge in [0.25, 0.3) is 16.0 Å². The number of Topliss-reactive ketones (excluding diaryl/α,β-unsaturated/α-hetero) is 1. The smallest absolute Gasteiger partial charge is 0.294 e. The number of ether oxygens (including phenoxy) is 1. The van der Waals surface area contributed by atoms with E-state index in [4.69, 9.17) is 9.29 Å². The zero-order valence-corrected chi connectivity index (χ0v) is 15.3. The summed E-state index contributed by atoms with van der Waals surface area (Å²) in [6.45, 7) is 1.20. The lowest BCUT2D eigenvalue weighted by Crippen LogP contribution is -2.31. The quantitative estimate of drug-likeness (QED) is 0.423. The maximum absolute atomic E-state index is 12.4. The third-order valence-corrected chi connectivity index (χ3v) is 4.29. The molecule has 27 heavy (non-hydrogen) atoms. The van der Waals surface area contributed by atoms with Crippen molar-refractivity contribution < 1.29 is 27.3 Å². The first-order chi connectivity index (χ1) is 12.7. The Labute approximate surface area is 155 Å². The van der Waals surface area contributed by atoms with Crippen LogP contribution in [0.1, 0.15) is 6.92 Å². The first-order valence-electron chi connectivity index (χ1n) is 7.65.